The Morgan fingerprint density at radius 1 is 1.41 bits per heavy atom. The molecule has 0 bridgehead atoms. The summed E-state index contributed by atoms with van der Waals surface area (Å²) < 4.78 is 8.36. The number of aliphatic hydroxyl groups is 3. The Labute approximate surface area is 164 Å². The normalized spacial score (nSPS) is 30.2. The molecular weight excluding hydrogens is 386 g/mol. The number of hydrogen-bond acceptors (Lipinski definition) is 11. The standard InChI is InChI=1S/C16H23N7O6/c1-7(25)8-4-18-2-3-22(8)23-14-10(13(28)20-16(23)17)19-6-21(14)15-12(27)11(26)9(5-24)29-15/h6,8-9,11-12,15,18,24,26-27H,2-5H2,1H3,(H2,17,20,28). The maximum atomic E-state index is 12.4. The molecule has 0 spiro atoms. The molecule has 2 saturated heterocycles. The third kappa shape index (κ3) is 3.07. The van der Waals surface area contributed by atoms with Crippen molar-refractivity contribution in [2.75, 3.05) is 37.0 Å². The molecule has 2 aliphatic rings. The van der Waals surface area contributed by atoms with Crippen LogP contribution in [-0.2, 0) is 9.53 Å². The first kappa shape index (κ1) is 19.7. The van der Waals surface area contributed by atoms with E-state index < -0.39 is 42.7 Å². The summed E-state index contributed by atoms with van der Waals surface area (Å²) in [6, 6.07) is -0.563. The lowest BCUT2D eigenvalue weighted by molar-refractivity contribution is -0.118. The summed E-state index contributed by atoms with van der Waals surface area (Å²) in [4.78, 5) is 32.5. The predicted octanol–water partition coefficient (Wildman–Crippen LogP) is -3.71. The lowest BCUT2D eigenvalue weighted by Crippen LogP contribution is -2.59. The topological polar surface area (TPSA) is 181 Å². The van der Waals surface area contributed by atoms with Crippen molar-refractivity contribution in [2.45, 2.75) is 37.5 Å². The summed E-state index contributed by atoms with van der Waals surface area (Å²) in [7, 11) is 0. The molecule has 5 atom stereocenters. The van der Waals surface area contributed by atoms with E-state index in [4.69, 9.17) is 10.5 Å². The summed E-state index contributed by atoms with van der Waals surface area (Å²) in [5.74, 6) is -0.258. The van der Waals surface area contributed by atoms with Crippen LogP contribution in [0.5, 0.6) is 0 Å². The van der Waals surface area contributed by atoms with E-state index in [-0.39, 0.29) is 22.9 Å². The van der Waals surface area contributed by atoms with Crippen molar-refractivity contribution in [3.63, 3.8) is 0 Å². The van der Waals surface area contributed by atoms with Gasteiger partial charge in [0.15, 0.2) is 23.2 Å². The van der Waals surface area contributed by atoms with Gasteiger partial charge < -0.3 is 31.1 Å². The van der Waals surface area contributed by atoms with Crippen molar-refractivity contribution in [2.24, 2.45) is 0 Å². The second-order valence-corrected chi connectivity index (χ2v) is 7.13. The summed E-state index contributed by atoms with van der Waals surface area (Å²) in [6.07, 6.45) is -3.57. The molecule has 158 valence electrons. The minimum absolute atomic E-state index is 0.0298. The lowest BCUT2D eigenvalue weighted by atomic mass is 10.1. The fourth-order valence-electron chi connectivity index (χ4n) is 3.86. The molecule has 2 aromatic heterocycles. The number of nitrogen functional groups attached to an aromatic ring is 1. The number of fused-ring (bicyclic) bond motifs is 1. The van der Waals surface area contributed by atoms with Gasteiger partial charge in [-0.1, -0.05) is 0 Å². The zero-order valence-electron chi connectivity index (χ0n) is 15.7. The summed E-state index contributed by atoms with van der Waals surface area (Å²) in [5, 5.41) is 34.7. The first-order chi connectivity index (χ1) is 13.8. The fourth-order valence-corrected chi connectivity index (χ4v) is 3.86. The van der Waals surface area contributed by atoms with Crippen LogP contribution in [0.15, 0.2) is 11.1 Å². The van der Waals surface area contributed by atoms with E-state index >= 15 is 0 Å². The van der Waals surface area contributed by atoms with Crippen molar-refractivity contribution in [1.82, 2.24) is 24.5 Å². The van der Waals surface area contributed by atoms with Crippen molar-refractivity contribution in [3.05, 3.63) is 16.7 Å². The van der Waals surface area contributed by atoms with Crippen LogP contribution >= 0.6 is 0 Å². The number of carbonyl (C=O) groups is 1. The van der Waals surface area contributed by atoms with Crippen LogP contribution in [0.1, 0.15) is 13.2 Å². The highest BCUT2D eigenvalue weighted by Crippen LogP contribution is 2.31. The molecular formula is C16H23N7O6. The average Bonchev–Trinajstić information content (AvgIpc) is 3.24. The van der Waals surface area contributed by atoms with Gasteiger partial charge in [-0.15, -0.1) is 0 Å². The van der Waals surface area contributed by atoms with Gasteiger partial charge in [-0.2, -0.15) is 4.98 Å². The van der Waals surface area contributed by atoms with Crippen LogP contribution in [0.4, 0.5) is 5.95 Å². The average molecular weight is 409 g/mol. The molecule has 13 nitrogen and oxygen atoms in total. The smallest absolute Gasteiger partial charge is 0.302 e. The van der Waals surface area contributed by atoms with Gasteiger partial charge in [-0.05, 0) is 6.92 Å². The number of aliphatic hydroxyl groups excluding tert-OH is 3. The molecule has 0 radical (unpaired) electrons. The number of nitrogens with two attached hydrogens (primary N) is 1. The number of hydrogen-bond donors (Lipinski definition) is 5. The van der Waals surface area contributed by atoms with Crippen molar-refractivity contribution in [1.29, 1.82) is 0 Å². The fraction of sp³-hybridized carbons (Fsp3) is 0.625. The number of anilines is 1. The van der Waals surface area contributed by atoms with Gasteiger partial charge in [-0.25, -0.2) is 9.66 Å². The van der Waals surface area contributed by atoms with Crippen LogP contribution in [0, 0.1) is 0 Å². The molecule has 0 amide bonds. The number of Topliss-reactive ketones (excluding diaryl/α,β-unsaturated/α-hetero) is 1. The maximum Gasteiger partial charge on any atom is 0.302 e. The Morgan fingerprint density at radius 2 is 2.17 bits per heavy atom. The molecule has 6 N–H and O–H groups in total. The molecule has 13 heteroatoms. The van der Waals surface area contributed by atoms with Crippen LogP contribution in [0.3, 0.4) is 0 Å². The molecule has 4 heterocycles. The third-order valence-electron chi connectivity index (χ3n) is 5.34. The van der Waals surface area contributed by atoms with E-state index in [0.29, 0.717) is 19.6 Å². The number of rotatable bonds is 4. The first-order valence-corrected chi connectivity index (χ1v) is 9.20. The van der Waals surface area contributed by atoms with Gasteiger partial charge in [0.25, 0.3) is 0 Å². The molecule has 0 aromatic carbocycles. The molecule has 5 unspecified atom stereocenters. The molecule has 2 aliphatic heterocycles. The van der Waals surface area contributed by atoms with Crippen molar-refractivity contribution >= 4 is 22.9 Å². The highest BCUT2D eigenvalue weighted by molar-refractivity contribution is 5.84. The molecule has 0 aliphatic carbocycles. The largest absolute Gasteiger partial charge is 0.394 e. The number of carbonyl (C=O) groups excluding carboxylic acids is 1. The van der Waals surface area contributed by atoms with Crippen molar-refractivity contribution < 1.29 is 24.9 Å². The number of piperazine rings is 1. The number of ether oxygens (including phenoxy) is 1. The van der Waals surface area contributed by atoms with Crippen LogP contribution in [0.2, 0.25) is 0 Å². The van der Waals surface area contributed by atoms with Gasteiger partial charge in [0.2, 0.25) is 5.95 Å². The third-order valence-corrected chi connectivity index (χ3v) is 5.34. The molecule has 2 aromatic rings. The Kier molecular flexibility index (Phi) is 5.00. The van der Waals surface area contributed by atoms with E-state index in [1.54, 1.807) is 5.01 Å². The second kappa shape index (κ2) is 7.35. The minimum atomic E-state index is -1.38. The number of imidazole rings is 1. The molecule has 4 rings (SSSR count). The van der Waals surface area contributed by atoms with Crippen LogP contribution in [-0.4, -0.2) is 90.9 Å². The summed E-state index contributed by atoms with van der Waals surface area (Å²) in [6.45, 7) is 2.30. The van der Waals surface area contributed by atoms with Gasteiger partial charge >= 0.3 is 5.56 Å². The maximum absolute atomic E-state index is 12.4. The number of ketones is 1. The van der Waals surface area contributed by atoms with E-state index in [0.717, 1.165) is 0 Å². The van der Waals surface area contributed by atoms with Crippen LogP contribution in [0.25, 0.3) is 11.2 Å². The van der Waals surface area contributed by atoms with E-state index in [1.807, 2.05) is 0 Å². The minimum Gasteiger partial charge on any atom is -0.394 e. The van der Waals surface area contributed by atoms with Gasteiger partial charge in [-0.3, -0.25) is 19.2 Å². The predicted molar refractivity (Wildman–Crippen MR) is 99.6 cm³/mol. The van der Waals surface area contributed by atoms with E-state index in [2.05, 4.69) is 15.3 Å². The zero-order chi connectivity index (χ0) is 20.9. The summed E-state index contributed by atoms with van der Waals surface area (Å²) >= 11 is 0. The van der Waals surface area contributed by atoms with E-state index in [9.17, 15) is 24.9 Å². The second-order valence-electron chi connectivity index (χ2n) is 7.13. The highest BCUT2D eigenvalue weighted by atomic mass is 16.6. The highest BCUT2D eigenvalue weighted by Gasteiger charge is 2.44. The number of nitrogens with zero attached hydrogens (tertiary/aromatic N) is 5. The van der Waals surface area contributed by atoms with Gasteiger partial charge in [0, 0.05) is 19.6 Å². The van der Waals surface area contributed by atoms with Crippen molar-refractivity contribution in [3.8, 4) is 0 Å². The lowest BCUT2D eigenvalue weighted by Gasteiger charge is -2.38. The Morgan fingerprint density at radius 3 is 2.83 bits per heavy atom. The number of nitrogens with one attached hydrogen (secondary N) is 1. The van der Waals surface area contributed by atoms with E-state index in [1.165, 1.54) is 22.5 Å². The Balaban J connectivity index is 1.91. The zero-order valence-corrected chi connectivity index (χ0v) is 15.7. The van der Waals surface area contributed by atoms with Gasteiger partial charge in [0.05, 0.1) is 12.9 Å². The SMILES string of the molecule is CC(=O)C1CNCCN1n1c(N)nc(=O)c2ncn(C3OC(CO)C(O)C3O)c21. The van der Waals surface area contributed by atoms with Gasteiger partial charge in [0.1, 0.15) is 24.4 Å². The Bertz CT molecular complexity index is 990. The first-order valence-electron chi connectivity index (χ1n) is 9.20. The monoisotopic (exact) mass is 409 g/mol. The quantitative estimate of drug-likeness (QED) is 0.335. The number of aromatic nitrogens is 4. The molecule has 29 heavy (non-hydrogen) atoms. The molecule has 2 fully saturated rings. The molecule has 0 saturated carbocycles. The van der Waals surface area contributed by atoms with Crippen LogP contribution < -0.4 is 21.6 Å². The summed E-state index contributed by atoms with van der Waals surface area (Å²) in [5.41, 5.74) is 5.54. The Hall–Kier alpha value is -2.58.